The van der Waals surface area contributed by atoms with Crippen molar-refractivity contribution in [1.82, 2.24) is 29.3 Å². The Morgan fingerprint density at radius 2 is 1.91 bits per heavy atom. The molecule has 7 nitrogen and oxygen atoms in total. The van der Waals surface area contributed by atoms with Crippen LogP contribution in [0, 0.1) is 17.5 Å². The lowest BCUT2D eigenvalue weighted by Crippen LogP contribution is -2.49. The molecule has 2 aliphatic rings. The SMILES string of the molecule is Cn1nc2c(c1-c1cc(F)c(F)c(F)c1)C[C@H]1CCC[C@@H]2N1C(=O)c1cnn2ccncc12. The summed E-state index contributed by atoms with van der Waals surface area (Å²) in [7, 11) is 1.69. The van der Waals surface area contributed by atoms with Crippen molar-refractivity contribution >= 4 is 11.4 Å². The van der Waals surface area contributed by atoms with Crippen LogP contribution in [0.2, 0.25) is 0 Å². The molecule has 1 saturated heterocycles. The van der Waals surface area contributed by atoms with E-state index in [9.17, 15) is 18.0 Å². The lowest BCUT2D eigenvalue weighted by atomic mass is 9.81. The smallest absolute Gasteiger partial charge is 0.258 e. The molecule has 0 unspecified atom stereocenters. The van der Waals surface area contributed by atoms with Crippen molar-refractivity contribution in [2.75, 3.05) is 0 Å². The monoisotopic (exact) mass is 452 g/mol. The topological polar surface area (TPSA) is 68.3 Å². The highest BCUT2D eigenvalue weighted by Crippen LogP contribution is 2.45. The third-order valence-corrected chi connectivity index (χ3v) is 6.72. The number of aromatic nitrogens is 5. The average Bonchev–Trinajstić information content (AvgIpc) is 3.37. The zero-order valence-corrected chi connectivity index (χ0v) is 17.7. The molecule has 1 fully saturated rings. The molecule has 0 spiro atoms. The summed E-state index contributed by atoms with van der Waals surface area (Å²) in [6.07, 6.45) is 9.44. The van der Waals surface area contributed by atoms with Gasteiger partial charge in [0.1, 0.15) is 0 Å². The van der Waals surface area contributed by atoms with Gasteiger partial charge in [0, 0.05) is 36.6 Å². The normalized spacial score (nSPS) is 19.7. The van der Waals surface area contributed by atoms with Crippen LogP contribution in [0.25, 0.3) is 16.8 Å². The minimum absolute atomic E-state index is 0.0894. The maximum Gasteiger partial charge on any atom is 0.258 e. The van der Waals surface area contributed by atoms with Crippen molar-refractivity contribution in [3.8, 4) is 11.3 Å². The van der Waals surface area contributed by atoms with Crippen LogP contribution in [0.1, 0.15) is 46.9 Å². The Balaban J connectivity index is 1.45. The number of amides is 1. The van der Waals surface area contributed by atoms with E-state index in [0.29, 0.717) is 23.2 Å². The molecule has 33 heavy (non-hydrogen) atoms. The third kappa shape index (κ3) is 2.89. The molecule has 2 bridgehead atoms. The Morgan fingerprint density at radius 1 is 1.12 bits per heavy atom. The van der Waals surface area contributed by atoms with Crippen LogP contribution in [0.3, 0.4) is 0 Å². The number of benzene rings is 1. The van der Waals surface area contributed by atoms with E-state index >= 15 is 0 Å². The summed E-state index contributed by atoms with van der Waals surface area (Å²) >= 11 is 0. The highest BCUT2D eigenvalue weighted by atomic mass is 19.2. The standard InChI is InChI=1S/C23H19F3N6O/c1-30-22(12-7-16(24)20(26)17(25)8-12)14-9-13-3-2-4-18(21(14)29-30)32(13)23(33)15-10-28-31-6-5-27-11-19(15)31/h5-8,10-11,13,18H,2-4,9H2,1H3/t13-,18+/m1/s1. The Morgan fingerprint density at radius 3 is 2.70 bits per heavy atom. The molecule has 2 atom stereocenters. The van der Waals surface area contributed by atoms with Gasteiger partial charge in [-0.15, -0.1) is 0 Å². The fourth-order valence-corrected chi connectivity index (χ4v) is 5.34. The van der Waals surface area contributed by atoms with Crippen LogP contribution >= 0.6 is 0 Å². The molecular weight excluding hydrogens is 433 g/mol. The predicted octanol–water partition coefficient (Wildman–Crippen LogP) is 3.84. The van der Waals surface area contributed by atoms with Gasteiger partial charge in [0.25, 0.3) is 5.91 Å². The number of rotatable bonds is 2. The first-order valence-corrected chi connectivity index (χ1v) is 10.7. The van der Waals surface area contributed by atoms with Gasteiger partial charge in [0.15, 0.2) is 17.5 Å². The third-order valence-electron chi connectivity index (χ3n) is 6.72. The second-order valence-electron chi connectivity index (χ2n) is 8.57. The first kappa shape index (κ1) is 20.0. The number of carbonyl (C=O) groups excluding carboxylic acids is 1. The van der Waals surface area contributed by atoms with Crippen LogP contribution in [-0.2, 0) is 13.5 Å². The van der Waals surface area contributed by atoms with Crippen molar-refractivity contribution in [3.63, 3.8) is 0 Å². The molecule has 168 valence electrons. The number of carbonyl (C=O) groups is 1. The quantitative estimate of drug-likeness (QED) is 0.434. The first-order valence-electron chi connectivity index (χ1n) is 10.7. The molecule has 5 heterocycles. The van der Waals surface area contributed by atoms with Crippen molar-refractivity contribution in [3.05, 3.63) is 71.2 Å². The fourth-order valence-electron chi connectivity index (χ4n) is 5.34. The zero-order valence-electron chi connectivity index (χ0n) is 17.7. The summed E-state index contributed by atoms with van der Waals surface area (Å²) in [6.45, 7) is 0. The molecule has 0 N–H and O–H groups in total. The Hall–Kier alpha value is -3.69. The highest BCUT2D eigenvalue weighted by molar-refractivity contribution is 6.01. The minimum atomic E-state index is -1.49. The molecule has 3 aromatic heterocycles. The van der Waals surface area contributed by atoms with Crippen molar-refractivity contribution in [2.24, 2.45) is 7.05 Å². The molecule has 0 saturated carbocycles. The maximum atomic E-state index is 14.0. The van der Waals surface area contributed by atoms with Crippen LogP contribution in [0.4, 0.5) is 13.2 Å². The summed E-state index contributed by atoms with van der Waals surface area (Å²) in [5, 5.41) is 8.92. The Bertz CT molecular complexity index is 1400. The molecule has 1 amide bonds. The van der Waals surface area contributed by atoms with E-state index < -0.39 is 17.5 Å². The van der Waals surface area contributed by atoms with Crippen LogP contribution in [0.5, 0.6) is 0 Å². The van der Waals surface area contributed by atoms with Crippen LogP contribution in [0.15, 0.2) is 36.9 Å². The molecule has 0 aliphatic carbocycles. The lowest BCUT2D eigenvalue weighted by Gasteiger charge is -2.45. The van der Waals surface area contributed by atoms with Crippen molar-refractivity contribution < 1.29 is 18.0 Å². The van der Waals surface area contributed by atoms with Gasteiger partial charge in [-0.25, -0.2) is 17.7 Å². The number of piperidine rings is 1. The van der Waals surface area contributed by atoms with Crippen LogP contribution in [-0.4, -0.2) is 41.2 Å². The van der Waals surface area contributed by atoms with E-state index in [-0.39, 0.29) is 23.6 Å². The molecular formula is C23H19F3N6O. The van der Waals surface area contributed by atoms with E-state index in [4.69, 9.17) is 0 Å². The predicted molar refractivity (Wildman–Crippen MR) is 112 cm³/mol. The van der Waals surface area contributed by atoms with E-state index in [2.05, 4.69) is 15.2 Å². The highest BCUT2D eigenvalue weighted by Gasteiger charge is 2.44. The summed E-state index contributed by atoms with van der Waals surface area (Å²) in [4.78, 5) is 19.6. The van der Waals surface area contributed by atoms with E-state index in [1.165, 1.54) is 0 Å². The Labute approximate surface area is 186 Å². The number of hydrogen-bond donors (Lipinski definition) is 0. The van der Waals surface area contributed by atoms with Gasteiger partial charge in [0.05, 0.1) is 40.9 Å². The van der Waals surface area contributed by atoms with Crippen LogP contribution < -0.4 is 0 Å². The zero-order chi connectivity index (χ0) is 22.9. The van der Waals surface area contributed by atoms with E-state index in [0.717, 1.165) is 42.7 Å². The van der Waals surface area contributed by atoms with Gasteiger partial charge in [-0.3, -0.25) is 14.5 Å². The van der Waals surface area contributed by atoms with Crippen molar-refractivity contribution in [2.45, 2.75) is 37.8 Å². The summed E-state index contributed by atoms with van der Waals surface area (Å²) in [5.41, 5.74) is 3.45. The molecule has 1 aromatic carbocycles. The fraction of sp³-hybridized carbons (Fsp3) is 0.304. The number of halogens is 3. The van der Waals surface area contributed by atoms with Gasteiger partial charge in [-0.2, -0.15) is 10.2 Å². The summed E-state index contributed by atoms with van der Waals surface area (Å²) < 4.78 is 44.7. The van der Waals surface area contributed by atoms with Gasteiger partial charge in [-0.1, -0.05) is 0 Å². The average molecular weight is 452 g/mol. The number of hydrogen-bond acceptors (Lipinski definition) is 4. The lowest BCUT2D eigenvalue weighted by molar-refractivity contribution is 0.0394. The maximum absolute atomic E-state index is 14.0. The molecule has 10 heteroatoms. The largest absolute Gasteiger partial charge is 0.327 e. The molecule has 4 aromatic rings. The minimum Gasteiger partial charge on any atom is -0.327 e. The second-order valence-corrected chi connectivity index (χ2v) is 8.57. The van der Waals surface area contributed by atoms with E-state index in [1.807, 2.05) is 4.90 Å². The van der Waals surface area contributed by atoms with Crippen molar-refractivity contribution in [1.29, 1.82) is 0 Å². The Kier molecular flexibility index (Phi) is 4.33. The molecule has 6 rings (SSSR count). The van der Waals surface area contributed by atoms with Gasteiger partial charge < -0.3 is 4.90 Å². The van der Waals surface area contributed by atoms with Gasteiger partial charge in [0.2, 0.25) is 0 Å². The van der Waals surface area contributed by atoms with E-state index in [1.54, 1.807) is 41.0 Å². The van der Waals surface area contributed by atoms with Gasteiger partial charge >= 0.3 is 0 Å². The number of fused-ring (bicyclic) bond motifs is 5. The molecule has 2 aliphatic heterocycles. The number of aryl methyl sites for hydroxylation is 1. The molecule has 0 radical (unpaired) electrons. The second kappa shape index (κ2) is 7.16. The summed E-state index contributed by atoms with van der Waals surface area (Å²) in [6, 6.07) is 1.64. The first-order chi connectivity index (χ1) is 15.9. The number of nitrogens with zero attached hydrogens (tertiary/aromatic N) is 6. The summed E-state index contributed by atoms with van der Waals surface area (Å²) in [5.74, 6) is -4.11. The van der Waals surface area contributed by atoms with Gasteiger partial charge in [-0.05, 0) is 37.8 Å².